The molecule has 1 fully saturated rings. The number of sulfonamides is 1. The molecule has 1 heterocycles. The molecular weight excluding hydrogens is 458 g/mol. The Hall–Kier alpha value is -3.16. The molecule has 1 N–H and O–H groups in total. The standard InChI is InChI=1S/C28H33N3O3S/c1-3-31(4-2)35(33,34)25-17-18-27(30-19-9-6-10-20-30)26(21-25)29-28(32)24-15-13-23(14-16-24)22-11-7-5-8-12-22/h5,7-8,11-18,21H,3-4,6,9-10,19-20H2,1-2H3,(H,29,32). The first-order valence-electron chi connectivity index (χ1n) is 12.3. The van der Waals surface area contributed by atoms with Crippen LogP contribution in [0.1, 0.15) is 43.5 Å². The van der Waals surface area contributed by atoms with Gasteiger partial charge in [-0.2, -0.15) is 4.31 Å². The molecule has 184 valence electrons. The second kappa shape index (κ2) is 11.1. The SMILES string of the molecule is CCN(CC)S(=O)(=O)c1ccc(N2CCCCC2)c(NC(=O)c2ccc(-c3ccccc3)cc2)c1. The number of hydrogen-bond donors (Lipinski definition) is 1. The molecule has 0 radical (unpaired) electrons. The summed E-state index contributed by atoms with van der Waals surface area (Å²) in [6.45, 7) is 6.20. The van der Waals surface area contributed by atoms with Gasteiger partial charge in [0.25, 0.3) is 5.91 Å². The van der Waals surface area contributed by atoms with Gasteiger partial charge in [0.15, 0.2) is 0 Å². The van der Waals surface area contributed by atoms with E-state index in [1.54, 1.807) is 24.3 Å². The number of rotatable bonds is 8. The number of nitrogens with zero attached hydrogens (tertiary/aromatic N) is 2. The van der Waals surface area contributed by atoms with Crippen molar-refractivity contribution in [1.82, 2.24) is 4.31 Å². The van der Waals surface area contributed by atoms with Crippen molar-refractivity contribution in [2.45, 2.75) is 38.0 Å². The Bertz CT molecular complexity index is 1250. The number of benzene rings is 3. The van der Waals surface area contributed by atoms with Crippen molar-refractivity contribution in [1.29, 1.82) is 0 Å². The van der Waals surface area contributed by atoms with E-state index < -0.39 is 10.0 Å². The van der Waals surface area contributed by atoms with E-state index in [1.165, 1.54) is 10.7 Å². The molecule has 0 aromatic heterocycles. The Kier molecular flexibility index (Phi) is 7.88. The third kappa shape index (κ3) is 5.57. The summed E-state index contributed by atoms with van der Waals surface area (Å²) in [6, 6.07) is 22.5. The third-order valence-corrected chi connectivity index (χ3v) is 8.56. The number of amides is 1. The minimum atomic E-state index is -3.64. The fourth-order valence-electron chi connectivity index (χ4n) is 4.54. The summed E-state index contributed by atoms with van der Waals surface area (Å²) in [5.41, 5.74) is 4.02. The molecule has 3 aromatic rings. The molecule has 0 saturated carbocycles. The van der Waals surface area contributed by atoms with E-state index in [4.69, 9.17) is 0 Å². The van der Waals surface area contributed by atoms with Crippen molar-refractivity contribution >= 4 is 27.3 Å². The molecule has 1 amide bonds. The van der Waals surface area contributed by atoms with Crippen molar-refractivity contribution < 1.29 is 13.2 Å². The maximum atomic E-state index is 13.2. The van der Waals surface area contributed by atoms with Crippen LogP contribution in [-0.2, 0) is 10.0 Å². The Morgan fingerprint density at radius 2 is 1.49 bits per heavy atom. The highest BCUT2D eigenvalue weighted by Crippen LogP contribution is 2.32. The van der Waals surface area contributed by atoms with E-state index in [9.17, 15) is 13.2 Å². The first kappa shape index (κ1) is 24.9. The van der Waals surface area contributed by atoms with Gasteiger partial charge in [0.1, 0.15) is 0 Å². The third-order valence-electron chi connectivity index (χ3n) is 6.51. The Morgan fingerprint density at radius 3 is 2.11 bits per heavy atom. The van der Waals surface area contributed by atoms with Crippen LogP contribution in [0.4, 0.5) is 11.4 Å². The summed E-state index contributed by atoms with van der Waals surface area (Å²) in [7, 11) is -3.64. The molecule has 0 unspecified atom stereocenters. The monoisotopic (exact) mass is 491 g/mol. The highest BCUT2D eigenvalue weighted by Gasteiger charge is 2.25. The minimum Gasteiger partial charge on any atom is -0.370 e. The van der Waals surface area contributed by atoms with Gasteiger partial charge >= 0.3 is 0 Å². The van der Waals surface area contributed by atoms with Crippen LogP contribution in [0, 0.1) is 0 Å². The van der Waals surface area contributed by atoms with E-state index in [1.807, 2.05) is 62.4 Å². The lowest BCUT2D eigenvalue weighted by molar-refractivity contribution is 0.102. The highest BCUT2D eigenvalue weighted by molar-refractivity contribution is 7.89. The molecule has 7 heteroatoms. The number of piperidine rings is 1. The molecule has 35 heavy (non-hydrogen) atoms. The first-order chi connectivity index (χ1) is 16.9. The van der Waals surface area contributed by atoms with Gasteiger partial charge in [0, 0.05) is 31.7 Å². The number of anilines is 2. The lowest BCUT2D eigenvalue weighted by Gasteiger charge is -2.31. The molecular formula is C28H33N3O3S. The molecule has 0 aliphatic carbocycles. The molecule has 1 aliphatic rings. The molecule has 6 nitrogen and oxygen atoms in total. The van der Waals surface area contributed by atoms with Crippen LogP contribution in [0.5, 0.6) is 0 Å². The van der Waals surface area contributed by atoms with Crippen molar-refractivity contribution in [2.75, 3.05) is 36.4 Å². The van der Waals surface area contributed by atoms with Gasteiger partial charge in [-0.25, -0.2) is 8.42 Å². The lowest BCUT2D eigenvalue weighted by Crippen LogP contribution is -2.32. The highest BCUT2D eigenvalue weighted by atomic mass is 32.2. The summed E-state index contributed by atoms with van der Waals surface area (Å²) in [6.07, 6.45) is 3.34. The number of carbonyl (C=O) groups excluding carboxylic acids is 1. The Morgan fingerprint density at radius 1 is 0.857 bits per heavy atom. The van der Waals surface area contributed by atoms with Gasteiger partial charge in [-0.3, -0.25) is 4.79 Å². The smallest absolute Gasteiger partial charge is 0.255 e. The van der Waals surface area contributed by atoms with Gasteiger partial charge < -0.3 is 10.2 Å². The molecule has 0 atom stereocenters. The minimum absolute atomic E-state index is 0.191. The topological polar surface area (TPSA) is 69.7 Å². The number of carbonyl (C=O) groups is 1. The van der Waals surface area contributed by atoms with Crippen LogP contribution < -0.4 is 10.2 Å². The zero-order chi connectivity index (χ0) is 24.8. The van der Waals surface area contributed by atoms with Crippen LogP contribution in [0.25, 0.3) is 11.1 Å². The number of nitrogens with one attached hydrogen (secondary N) is 1. The van der Waals surface area contributed by atoms with E-state index in [-0.39, 0.29) is 10.8 Å². The zero-order valence-electron chi connectivity index (χ0n) is 20.4. The van der Waals surface area contributed by atoms with E-state index in [0.29, 0.717) is 24.3 Å². The van der Waals surface area contributed by atoms with Gasteiger partial charge in [-0.05, 0) is 60.7 Å². The predicted molar refractivity (Wildman–Crippen MR) is 142 cm³/mol. The summed E-state index contributed by atoms with van der Waals surface area (Å²) >= 11 is 0. The molecule has 3 aromatic carbocycles. The van der Waals surface area contributed by atoms with Crippen molar-refractivity contribution in [3.05, 3.63) is 78.4 Å². The van der Waals surface area contributed by atoms with Crippen LogP contribution in [0.3, 0.4) is 0 Å². The maximum absolute atomic E-state index is 13.2. The number of hydrogen-bond acceptors (Lipinski definition) is 4. The fourth-order valence-corrected chi connectivity index (χ4v) is 6.02. The first-order valence-corrected chi connectivity index (χ1v) is 13.7. The van der Waals surface area contributed by atoms with Gasteiger partial charge in [0.05, 0.1) is 16.3 Å². The molecule has 0 spiro atoms. The fraction of sp³-hybridized carbons (Fsp3) is 0.321. The summed E-state index contributed by atoms with van der Waals surface area (Å²) in [4.78, 5) is 15.6. The van der Waals surface area contributed by atoms with Gasteiger partial charge in [0.2, 0.25) is 10.0 Å². The quantitative estimate of drug-likeness (QED) is 0.444. The lowest BCUT2D eigenvalue weighted by atomic mass is 10.0. The van der Waals surface area contributed by atoms with Crippen LogP contribution in [0.15, 0.2) is 77.7 Å². The summed E-state index contributed by atoms with van der Waals surface area (Å²) in [5.74, 6) is -0.264. The predicted octanol–water partition coefficient (Wildman–Crippen LogP) is 5.63. The summed E-state index contributed by atoms with van der Waals surface area (Å²) < 4.78 is 27.8. The largest absolute Gasteiger partial charge is 0.370 e. The Labute approximate surface area is 208 Å². The van der Waals surface area contributed by atoms with E-state index >= 15 is 0 Å². The second-order valence-electron chi connectivity index (χ2n) is 8.71. The second-order valence-corrected chi connectivity index (χ2v) is 10.7. The van der Waals surface area contributed by atoms with Crippen molar-refractivity contribution in [3.8, 4) is 11.1 Å². The summed E-state index contributed by atoms with van der Waals surface area (Å²) in [5, 5.41) is 3.01. The van der Waals surface area contributed by atoms with E-state index in [0.717, 1.165) is 42.7 Å². The van der Waals surface area contributed by atoms with Crippen molar-refractivity contribution in [3.63, 3.8) is 0 Å². The zero-order valence-corrected chi connectivity index (χ0v) is 21.2. The molecule has 1 saturated heterocycles. The molecule has 1 aliphatic heterocycles. The normalized spacial score (nSPS) is 14.2. The van der Waals surface area contributed by atoms with Crippen LogP contribution >= 0.6 is 0 Å². The molecule has 0 bridgehead atoms. The van der Waals surface area contributed by atoms with E-state index in [2.05, 4.69) is 10.2 Å². The van der Waals surface area contributed by atoms with Gasteiger partial charge in [-0.1, -0.05) is 56.3 Å². The average molecular weight is 492 g/mol. The maximum Gasteiger partial charge on any atom is 0.255 e. The van der Waals surface area contributed by atoms with Gasteiger partial charge in [-0.15, -0.1) is 0 Å². The van der Waals surface area contributed by atoms with Crippen LogP contribution in [-0.4, -0.2) is 44.8 Å². The van der Waals surface area contributed by atoms with Crippen molar-refractivity contribution in [2.24, 2.45) is 0 Å². The average Bonchev–Trinajstić information content (AvgIpc) is 2.90. The molecule has 4 rings (SSSR count). The Balaban J connectivity index is 1.65. The van der Waals surface area contributed by atoms with Crippen LogP contribution in [0.2, 0.25) is 0 Å².